The molecule has 0 radical (unpaired) electrons. The van der Waals surface area contributed by atoms with Gasteiger partial charge in [0.25, 0.3) is 0 Å². The van der Waals surface area contributed by atoms with E-state index in [1.807, 2.05) is 6.07 Å². The molecule has 1 heterocycles. The quantitative estimate of drug-likeness (QED) is 0.880. The Hall–Kier alpha value is -1.60. The largest absolute Gasteiger partial charge is 0.343 e. The van der Waals surface area contributed by atoms with Crippen molar-refractivity contribution >= 4 is 11.8 Å². The average molecular weight is 294 g/mol. The molecule has 0 spiro atoms. The monoisotopic (exact) mass is 294 g/mol. The molecule has 0 bridgehead atoms. The number of nitrogens with one attached hydrogen (secondary N) is 2. The topological polar surface area (TPSA) is 62.7 Å². The van der Waals surface area contributed by atoms with Gasteiger partial charge in [0.1, 0.15) is 5.82 Å². The van der Waals surface area contributed by atoms with Crippen molar-refractivity contribution in [2.75, 3.05) is 0 Å². The Kier molecular flexibility index (Phi) is 3.62. The molecule has 7 heteroatoms. The van der Waals surface area contributed by atoms with Crippen LogP contribution in [0.2, 0.25) is 0 Å². The molecule has 0 aliphatic heterocycles. The SMILES string of the molecule is Cn1c(Sc2cc(F)cc(CNC3CC3)c2)n[nH]c1=O. The summed E-state index contributed by atoms with van der Waals surface area (Å²) < 4.78 is 15.0. The van der Waals surface area contributed by atoms with Crippen molar-refractivity contribution in [1.29, 1.82) is 0 Å². The predicted octanol–water partition coefficient (Wildman–Crippen LogP) is 1.65. The van der Waals surface area contributed by atoms with E-state index in [-0.39, 0.29) is 11.5 Å². The van der Waals surface area contributed by atoms with Gasteiger partial charge < -0.3 is 5.32 Å². The lowest BCUT2D eigenvalue weighted by molar-refractivity contribution is 0.615. The fourth-order valence-electron chi connectivity index (χ4n) is 1.86. The maximum Gasteiger partial charge on any atom is 0.343 e. The number of aromatic amines is 1. The molecular weight excluding hydrogens is 279 g/mol. The molecule has 1 aromatic carbocycles. The minimum absolute atomic E-state index is 0.275. The first kappa shape index (κ1) is 13.4. The highest BCUT2D eigenvalue weighted by atomic mass is 32.2. The fraction of sp³-hybridized carbons (Fsp3) is 0.385. The predicted molar refractivity (Wildman–Crippen MR) is 74.2 cm³/mol. The minimum atomic E-state index is -0.278. The highest BCUT2D eigenvalue weighted by Gasteiger charge is 2.20. The molecule has 1 fully saturated rings. The van der Waals surface area contributed by atoms with Crippen LogP contribution in [0.4, 0.5) is 4.39 Å². The van der Waals surface area contributed by atoms with Crippen LogP contribution in [0.1, 0.15) is 18.4 Å². The summed E-state index contributed by atoms with van der Waals surface area (Å²) in [5.41, 5.74) is 0.625. The van der Waals surface area contributed by atoms with E-state index < -0.39 is 0 Å². The van der Waals surface area contributed by atoms with Gasteiger partial charge in [-0.3, -0.25) is 4.57 Å². The van der Waals surface area contributed by atoms with E-state index in [0.29, 0.717) is 17.7 Å². The zero-order chi connectivity index (χ0) is 14.1. The second-order valence-corrected chi connectivity index (χ2v) is 5.96. The number of hydrogen-bond donors (Lipinski definition) is 2. The Morgan fingerprint density at radius 1 is 1.50 bits per heavy atom. The van der Waals surface area contributed by atoms with Crippen molar-refractivity contribution in [2.45, 2.75) is 35.5 Å². The number of hydrogen-bond acceptors (Lipinski definition) is 4. The highest BCUT2D eigenvalue weighted by molar-refractivity contribution is 7.99. The van der Waals surface area contributed by atoms with Crippen molar-refractivity contribution in [1.82, 2.24) is 20.1 Å². The number of halogens is 1. The molecule has 1 aliphatic carbocycles. The van der Waals surface area contributed by atoms with Crippen LogP contribution in [0.5, 0.6) is 0 Å². The maximum absolute atomic E-state index is 13.6. The Balaban J connectivity index is 1.77. The average Bonchev–Trinajstić information content (AvgIpc) is 3.18. The lowest BCUT2D eigenvalue weighted by atomic mass is 10.2. The lowest BCUT2D eigenvalue weighted by Gasteiger charge is -2.06. The Morgan fingerprint density at radius 2 is 2.30 bits per heavy atom. The summed E-state index contributed by atoms with van der Waals surface area (Å²) in [4.78, 5) is 12.0. The molecule has 0 unspecified atom stereocenters. The molecule has 5 nitrogen and oxygen atoms in total. The summed E-state index contributed by atoms with van der Waals surface area (Å²) in [6.07, 6.45) is 2.40. The van der Waals surface area contributed by atoms with E-state index >= 15 is 0 Å². The number of aromatic nitrogens is 3. The van der Waals surface area contributed by atoms with Crippen LogP contribution in [-0.2, 0) is 13.6 Å². The van der Waals surface area contributed by atoms with Crippen molar-refractivity contribution in [3.05, 3.63) is 40.1 Å². The zero-order valence-electron chi connectivity index (χ0n) is 11.0. The van der Waals surface area contributed by atoms with Gasteiger partial charge in [-0.05, 0) is 48.4 Å². The number of benzene rings is 1. The van der Waals surface area contributed by atoms with Gasteiger partial charge in [0, 0.05) is 24.5 Å². The lowest BCUT2D eigenvalue weighted by Crippen LogP contribution is -2.15. The van der Waals surface area contributed by atoms with E-state index in [1.54, 1.807) is 7.05 Å². The summed E-state index contributed by atoms with van der Waals surface area (Å²) >= 11 is 1.27. The van der Waals surface area contributed by atoms with Crippen molar-refractivity contribution in [3.63, 3.8) is 0 Å². The van der Waals surface area contributed by atoms with E-state index in [1.165, 1.54) is 41.3 Å². The minimum Gasteiger partial charge on any atom is -0.310 e. The van der Waals surface area contributed by atoms with Crippen LogP contribution >= 0.6 is 11.8 Å². The molecule has 0 saturated heterocycles. The summed E-state index contributed by atoms with van der Waals surface area (Å²) in [6.45, 7) is 0.662. The van der Waals surface area contributed by atoms with Gasteiger partial charge in [0.15, 0.2) is 5.16 Å². The maximum atomic E-state index is 13.6. The first-order chi connectivity index (χ1) is 9.61. The molecule has 1 saturated carbocycles. The molecule has 0 atom stereocenters. The van der Waals surface area contributed by atoms with E-state index in [4.69, 9.17) is 0 Å². The van der Waals surface area contributed by atoms with Gasteiger partial charge in [-0.15, -0.1) is 5.10 Å². The van der Waals surface area contributed by atoms with Gasteiger partial charge in [-0.2, -0.15) is 0 Å². The van der Waals surface area contributed by atoms with E-state index in [0.717, 1.165) is 10.5 Å². The molecule has 3 rings (SSSR count). The van der Waals surface area contributed by atoms with Crippen LogP contribution < -0.4 is 11.0 Å². The first-order valence-corrected chi connectivity index (χ1v) is 7.25. The Morgan fingerprint density at radius 3 is 2.95 bits per heavy atom. The molecule has 20 heavy (non-hydrogen) atoms. The Labute approximate surface area is 119 Å². The van der Waals surface area contributed by atoms with Crippen LogP contribution in [0.15, 0.2) is 33.0 Å². The second kappa shape index (κ2) is 5.41. The zero-order valence-corrected chi connectivity index (χ0v) is 11.8. The molecule has 2 N–H and O–H groups in total. The summed E-state index contributed by atoms with van der Waals surface area (Å²) in [5.74, 6) is -0.275. The van der Waals surface area contributed by atoms with Crippen molar-refractivity contribution in [3.8, 4) is 0 Å². The molecule has 2 aromatic rings. The van der Waals surface area contributed by atoms with Crippen molar-refractivity contribution < 1.29 is 4.39 Å². The standard InChI is InChI=1S/C13H15FN4OS/c1-18-12(19)16-17-13(18)20-11-5-8(4-9(14)6-11)7-15-10-2-3-10/h4-6,10,15H,2-3,7H2,1H3,(H,16,19). The van der Waals surface area contributed by atoms with Crippen LogP contribution in [0, 0.1) is 5.82 Å². The second-order valence-electron chi connectivity index (χ2n) is 4.92. The molecule has 106 valence electrons. The normalized spacial score (nSPS) is 14.7. The molecule has 0 amide bonds. The third kappa shape index (κ3) is 3.10. The van der Waals surface area contributed by atoms with Gasteiger partial charge in [0.2, 0.25) is 0 Å². The van der Waals surface area contributed by atoms with Gasteiger partial charge in [-0.1, -0.05) is 0 Å². The Bertz CT molecular complexity index is 677. The summed E-state index contributed by atoms with van der Waals surface area (Å²) in [7, 11) is 1.63. The van der Waals surface area contributed by atoms with Crippen LogP contribution in [0.25, 0.3) is 0 Å². The third-order valence-corrected chi connectivity index (χ3v) is 4.17. The van der Waals surface area contributed by atoms with E-state index in [9.17, 15) is 9.18 Å². The number of rotatable bonds is 5. The smallest absolute Gasteiger partial charge is 0.310 e. The van der Waals surface area contributed by atoms with Crippen LogP contribution in [-0.4, -0.2) is 20.8 Å². The van der Waals surface area contributed by atoms with Gasteiger partial charge in [0.05, 0.1) is 0 Å². The number of H-pyrrole nitrogens is 1. The van der Waals surface area contributed by atoms with E-state index in [2.05, 4.69) is 15.5 Å². The van der Waals surface area contributed by atoms with Crippen molar-refractivity contribution in [2.24, 2.45) is 7.05 Å². The summed E-state index contributed by atoms with van der Waals surface area (Å²) in [6, 6.07) is 5.48. The fourth-order valence-corrected chi connectivity index (χ4v) is 2.76. The summed E-state index contributed by atoms with van der Waals surface area (Å²) in [5, 5.41) is 10.1. The molecule has 1 aromatic heterocycles. The third-order valence-electron chi connectivity index (χ3n) is 3.15. The number of nitrogens with zero attached hydrogens (tertiary/aromatic N) is 2. The van der Waals surface area contributed by atoms with Crippen LogP contribution in [0.3, 0.4) is 0 Å². The molecule has 1 aliphatic rings. The van der Waals surface area contributed by atoms with Gasteiger partial charge >= 0.3 is 5.69 Å². The highest BCUT2D eigenvalue weighted by Crippen LogP contribution is 2.27. The first-order valence-electron chi connectivity index (χ1n) is 6.44. The van der Waals surface area contributed by atoms with Gasteiger partial charge in [-0.25, -0.2) is 14.3 Å². The molecular formula is C13H15FN4OS.